The quantitative estimate of drug-likeness (QED) is 0.254. The van der Waals surface area contributed by atoms with Gasteiger partial charge in [0.15, 0.2) is 5.96 Å². The third kappa shape index (κ3) is 8.77. The van der Waals surface area contributed by atoms with E-state index in [4.69, 9.17) is 4.74 Å². The number of ether oxygens (including phenoxy) is 1. The minimum absolute atomic E-state index is 0. The fourth-order valence-corrected chi connectivity index (χ4v) is 2.92. The van der Waals surface area contributed by atoms with Crippen molar-refractivity contribution in [3.8, 4) is 5.88 Å². The van der Waals surface area contributed by atoms with Gasteiger partial charge in [-0.3, -0.25) is 4.79 Å². The standard InChI is InChI=1S/C19H31N5O2.HI/c1-3-20-19(23-15-16-9-11-21-17(14-16)26-2)22-10-7-13-24-12-6-4-5-8-18(24)25;/h9,11,14H,3-8,10,12-13,15H2,1-2H3,(H2,20,22,23);1H. The van der Waals surface area contributed by atoms with Crippen molar-refractivity contribution >= 4 is 35.8 Å². The lowest BCUT2D eigenvalue weighted by Crippen LogP contribution is -2.39. The van der Waals surface area contributed by atoms with Crippen molar-refractivity contribution in [3.05, 3.63) is 23.9 Å². The summed E-state index contributed by atoms with van der Waals surface area (Å²) < 4.78 is 5.14. The van der Waals surface area contributed by atoms with Gasteiger partial charge in [-0.15, -0.1) is 24.0 Å². The molecule has 1 aliphatic rings. The Labute approximate surface area is 179 Å². The highest BCUT2D eigenvalue weighted by atomic mass is 127. The van der Waals surface area contributed by atoms with Gasteiger partial charge in [-0.2, -0.15) is 0 Å². The predicted molar refractivity (Wildman–Crippen MR) is 119 cm³/mol. The molecule has 1 aliphatic heterocycles. The number of likely N-dealkylation sites (tertiary alicyclic amines) is 1. The number of pyridine rings is 1. The number of carbonyl (C=O) groups is 1. The molecule has 0 atom stereocenters. The molecule has 1 amide bonds. The van der Waals surface area contributed by atoms with Gasteiger partial charge in [-0.1, -0.05) is 6.42 Å². The Morgan fingerprint density at radius 3 is 2.96 bits per heavy atom. The summed E-state index contributed by atoms with van der Waals surface area (Å²) in [6.45, 7) is 5.90. The summed E-state index contributed by atoms with van der Waals surface area (Å²) in [4.78, 5) is 22.7. The fraction of sp³-hybridized carbons (Fsp3) is 0.632. The van der Waals surface area contributed by atoms with Crippen LogP contribution in [0.5, 0.6) is 5.88 Å². The molecule has 0 radical (unpaired) electrons. The maximum atomic E-state index is 12.0. The van der Waals surface area contributed by atoms with E-state index in [0.717, 1.165) is 63.4 Å². The molecule has 2 rings (SSSR count). The van der Waals surface area contributed by atoms with Gasteiger partial charge in [0.1, 0.15) is 0 Å². The van der Waals surface area contributed by atoms with Crippen LogP contribution in [0.2, 0.25) is 0 Å². The smallest absolute Gasteiger partial charge is 0.222 e. The molecule has 8 heteroatoms. The molecule has 1 saturated heterocycles. The number of hydrogen-bond donors (Lipinski definition) is 2. The molecule has 152 valence electrons. The number of nitrogens with zero attached hydrogens (tertiary/aromatic N) is 3. The molecule has 0 spiro atoms. The molecule has 1 aromatic rings. The zero-order valence-electron chi connectivity index (χ0n) is 16.4. The van der Waals surface area contributed by atoms with Gasteiger partial charge in [0, 0.05) is 44.9 Å². The fourth-order valence-electron chi connectivity index (χ4n) is 2.92. The SMILES string of the molecule is CCNC(=NCc1ccnc(OC)c1)NCCCN1CCCCCC1=O.I. The van der Waals surface area contributed by atoms with Crippen molar-refractivity contribution in [3.63, 3.8) is 0 Å². The minimum Gasteiger partial charge on any atom is -0.481 e. The monoisotopic (exact) mass is 489 g/mol. The van der Waals surface area contributed by atoms with Crippen LogP contribution < -0.4 is 15.4 Å². The van der Waals surface area contributed by atoms with Crippen molar-refractivity contribution in [1.29, 1.82) is 0 Å². The number of hydrogen-bond acceptors (Lipinski definition) is 4. The Kier molecular flexibility index (Phi) is 11.8. The molecule has 0 unspecified atom stereocenters. The van der Waals surface area contributed by atoms with Gasteiger partial charge < -0.3 is 20.3 Å². The second-order valence-electron chi connectivity index (χ2n) is 6.37. The van der Waals surface area contributed by atoms with Gasteiger partial charge >= 0.3 is 0 Å². The molecule has 0 aromatic carbocycles. The molecule has 7 nitrogen and oxygen atoms in total. The van der Waals surface area contributed by atoms with E-state index in [1.54, 1.807) is 13.3 Å². The van der Waals surface area contributed by atoms with Gasteiger partial charge in [0.25, 0.3) is 0 Å². The van der Waals surface area contributed by atoms with Gasteiger partial charge in [0.2, 0.25) is 11.8 Å². The van der Waals surface area contributed by atoms with Crippen molar-refractivity contribution in [2.24, 2.45) is 4.99 Å². The lowest BCUT2D eigenvalue weighted by atomic mass is 10.2. The first-order valence-electron chi connectivity index (χ1n) is 9.51. The van der Waals surface area contributed by atoms with Gasteiger partial charge in [-0.25, -0.2) is 9.98 Å². The Morgan fingerprint density at radius 2 is 2.19 bits per heavy atom. The molecular weight excluding hydrogens is 457 g/mol. The maximum absolute atomic E-state index is 12.0. The predicted octanol–water partition coefficient (Wildman–Crippen LogP) is 2.56. The largest absolute Gasteiger partial charge is 0.481 e. The Morgan fingerprint density at radius 1 is 1.33 bits per heavy atom. The van der Waals surface area contributed by atoms with Crippen LogP contribution in [0, 0.1) is 0 Å². The average molecular weight is 489 g/mol. The maximum Gasteiger partial charge on any atom is 0.222 e. The number of amides is 1. The molecule has 0 aliphatic carbocycles. The Bertz CT molecular complexity index is 597. The van der Waals surface area contributed by atoms with Crippen LogP contribution in [0.4, 0.5) is 0 Å². The van der Waals surface area contributed by atoms with Crippen LogP contribution in [-0.4, -0.2) is 55.0 Å². The van der Waals surface area contributed by atoms with Crippen molar-refractivity contribution in [2.75, 3.05) is 33.3 Å². The third-order valence-electron chi connectivity index (χ3n) is 4.34. The lowest BCUT2D eigenvalue weighted by Gasteiger charge is -2.20. The summed E-state index contributed by atoms with van der Waals surface area (Å²) in [7, 11) is 1.61. The molecule has 1 fully saturated rings. The number of methoxy groups -OCH3 is 1. The minimum atomic E-state index is 0. The summed E-state index contributed by atoms with van der Waals surface area (Å²) in [5.41, 5.74) is 1.05. The highest BCUT2D eigenvalue weighted by molar-refractivity contribution is 14.0. The van der Waals surface area contributed by atoms with Crippen molar-refractivity contribution < 1.29 is 9.53 Å². The van der Waals surface area contributed by atoms with E-state index in [9.17, 15) is 4.79 Å². The van der Waals surface area contributed by atoms with E-state index in [-0.39, 0.29) is 24.0 Å². The van der Waals surface area contributed by atoms with E-state index in [1.807, 2.05) is 24.0 Å². The zero-order valence-corrected chi connectivity index (χ0v) is 18.7. The van der Waals surface area contributed by atoms with E-state index in [2.05, 4.69) is 20.6 Å². The van der Waals surface area contributed by atoms with Crippen LogP contribution in [0.3, 0.4) is 0 Å². The number of guanidine groups is 1. The Hall–Kier alpha value is -1.58. The van der Waals surface area contributed by atoms with Crippen LogP contribution in [0.25, 0.3) is 0 Å². The summed E-state index contributed by atoms with van der Waals surface area (Å²) in [6, 6.07) is 3.82. The summed E-state index contributed by atoms with van der Waals surface area (Å²) in [5, 5.41) is 6.59. The molecule has 2 N–H and O–H groups in total. The van der Waals surface area contributed by atoms with E-state index >= 15 is 0 Å². The number of rotatable bonds is 8. The average Bonchev–Trinajstić information content (AvgIpc) is 2.87. The molecule has 0 saturated carbocycles. The highest BCUT2D eigenvalue weighted by Crippen LogP contribution is 2.11. The molecule has 27 heavy (non-hydrogen) atoms. The van der Waals surface area contributed by atoms with Crippen molar-refractivity contribution in [1.82, 2.24) is 20.5 Å². The summed E-state index contributed by atoms with van der Waals surface area (Å²) >= 11 is 0. The third-order valence-corrected chi connectivity index (χ3v) is 4.34. The molecule has 1 aromatic heterocycles. The number of aliphatic imine (C=N–C) groups is 1. The van der Waals surface area contributed by atoms with Crippen LogP contribution in [-0.2, 0) is 11.3 Å². The van der Waals surface area contributed by atoms with Crippen molar-refractivity contribution in [2.45, 2.75) is 45.6 Å². The van der Waals surface area contributed by atoms with Gasteiger partial charge in [-0.05, 0) is 37.8 Å². The number of nitrogens with one attached hydrogen (secondary N) is 2. The summed E-state index contributed by atoms with van der Waals surface area (Å²) in [6.07, 6.45) is 6.66. The first-order valence-corrected chi connectivity index (χ1v) is 9.51. The number of aromatic nitrogens is 1. The summed E-state index contributed by atoms with van der Waals surface area (Å²) in [5.74, 6) is 1.68. The number of carbonyl (C=O) groups excluding carboxylic acids is 1. The van der Waals surface area contributed by atoms with E-state index < -0.39 is 0 Å². The molecule has 2 heterocycles. The van der Waals surface area contributed by atoms with E-state index in [0.29, 0.717) is 24.8 Å². The van der Waals surface area contributed by atoms with E-state index in [1.165, 1.54) is 0 Å². The van der Waals surface area contributed by atoms with Gasteiger partial charge in [0.05, 0.1) is 13.7 Å². The second-order valence-corrected chi connectivity index (χ2v) is 6.37. The topological polar surface area (TPSA) is 78.9 Å². The second kappa shape index (κ2) is 13.6. The first kappa shape index (κ1) is 23.5. The van der Waals surface area contributed by atoms with Crippen LogP contribution in [0.15, 0.2) is 23.3 Å². The Balaban J connectivity index is 0.00000364. The highest BCUT2D eigenvalue weighted by Gasteiger charge is 2.15. The number of halogens is 1. The van der Waals surface area contributed by atoms with Crippen LogP contribution in [0.1, 0.15) is 44.6 Å². The first-order chi connectivity index (χ1) is 12.7. The van der Waals surface area contributed by atoms with Crippen LogP contribution >= 0.6 is 24.0 Å². The zero-order chi connectivity index (χ0) is 18.6. The molecule has 0 bridgehead atoms. The lowest BCUT2D eigenvalue weighted by molar-refractivity contribution is -0.130. The molecular formula is C19H32IN5O2. The normalized spacial score (nSPS) is 15.0.